The van der Waals surface area contributed by atoms with E-state index in [4.69, 9.17) is 0 Å². The second kappa shape index (κ2) is 7.34. The van der Waals surface area contributed by atoms with Crippen LogP contribution in [0, 0.1) is 7.11 Å². The average Bonchev–Trinajstić information content (AvgIpc) is 2.05. The van der Waals surface area contributed by atoms with Gasteiger partial charge in [-0.2, -0.15) is 0 Å². The molecule has 65 valence electrons. The van der Waals surface area contributed by atoms with E-state index in [1.165, 1.54) is 0 Å². The minimum absolute atomic E-state index is 0.799. The maximum atomic E-state index is 9.88. The fourth-order valence-corrected chi connectivity index (χ4v) is 0.517. The van der Waals surface area contributed by atoms with Crippen molar-refractivity contribution in [1.82, 2.24) is 0 Å². The Hall–Kier alpha value is -0.320. The summed E-state index contributed by atoms with van der Waals surface area (Å²) < 4.78 is 34.3. The molecule has 0 saturated carbocycles. The van der Waals surface area contributed by atoms with Crippen molar-refractivity contribution in [2.24, 2.45) is 0 Å². The van der Waals surface area contributed by atoms with E-state index in [9.17, 15) is 7.99 Å². The molecule has 1 radical (unpaired) electrons. The van der Waals surface area contributed by atoms with Crippen LogP contribution in [0.25, 0.3) is 0 Å². The van der Waals surface area contributed by atoms with E-state index in [2.05, 4.69) is 11.8 Å². The predicted octanol–water partition coefficient (Wildman–Crippen LogP) is 2.74. The normalized spacial score (nSPS) is 8.00. The zero-order valence-electron chi connectivity index (χ0n) is 6.21. The van der Waals surface area contributed by atoms with Gasteiger partial charge >= 0.3 is 31.2 Å². The molecule has 0 aromatic heterocycles. The van der Waals surface area contributed by atoms with Crippen LogP contribution >= 0.6 is 0 Å². The van der Waals surface area contributed by atoms with E-state index in [0.29, 0.717) is 0 Å². The first-order chi connectivity index (χ1) is 5.66. The van der Waals surface area contributed by atoms with Gasteiger partial charge in [-0.25, -0.2) is 0 Å². The van der Waals surface area contributed by atoms with Crippen LogP contribution in [0.5, 0.6) is 5.75 Å². The Morgan fingerprint density at radius 1 is 1.08 bits per heavy atom. The summed E-state index contributed by atoms with van der Waals surface area (Å²) in [7, 11) is 3.26. The first-order valence-corrected chi connectivity index (χ1v) is 6.80. The van der Waals surface area contributed by atoms with Crippen LogP contribution in [0.1, 0.15) is 0 Å². The molecule has 1 aromatic carbocycles. The van der Waals surface area contributed by atoms with Crippen LogP contribution in [0.4, 0.5) is 7.99 Å². The van der Waals surface area contributed by atoms with Gasteiger partial charge < -0.3 is 4.74 Å². The molecule has 0 heterocycles. The summed E-state index contributed by atoms with van der Waals surface area (Å²) in [4.78, 5) is 0. The molecule has 0 unspecified atom stereocenters. The summed E-state index contributed by atoms with van der Waals surface area (Å²) in [6.07, 6.45) is 0. The van der Waals surface area contributed by atoms with Crippen LogP contribution in [0.3, 0.4) is 0 Å². The Morgan fingerprint density at radius 3 is 1.75 bits per heavy atom. The number of hydrogen-bond acceptors (Lipinski definition) is 1. The van der Waals surface area contributed by atoms with Gasteiger partial charge in [-0.15, -0.1) is 0 Å². The van der Waals surface area contributed by atoms with Gasteiger partial charge in [0.15, 0.2) is 0 Å². The van der Waals surface area contributed by atoms with Gasteiger partial charge in [-0.05, 0) is 12.1 Å². The molecule has 0 atom stereocenters. The molecule has 0 aliphatic heterocycles. The van der Waals surface area contributed by atoms with Gasteiger partial charge in [-0.1, -0.05) is 18.2 Å². The molecular formula is C7H7F3InO. The van der Waals surface area contributed by atoms with Crippen molar-refractivity contribution in [3.63, 3.8) is 0 Å². The Bertz CT molecular complexity index is 190. The summed E-state index contributed by atoms with van der Waals surface area (Å²) in [6, 6.07) is 9.45. The first kappa shape index (κ1) is 11.7. The average molecular weight is 279 g/mol. The minimum atomic E-state index is -5.14. The third kappa shape index (κ3) is 7.78. The SMILES string of the molecule is [CH2]Oc1ccccc1.[F][In]([F])[F]. The number of hydrogen-bond donors (Lipinski definition) is 0. The van der Waals surface area contributed by atoms with Crippen molar-refractivity contribution in [3.05, 3.63) is 37.4 Å². The van der Waals surface area contributed by atoms with E-state index in [0.717, 1.165) is 5.75 Å². The van der Waals surface area contributed by atoms with E-state index in [1.54, 1.807) is 0 Å². The van der Waals surface area contributed by atoms with Gasteiger partial charge in [0, 0.05) is 0 Å². The molecule has 0 fully saturated rings. The van der Waals surface area contributed by atoms with Gasteiger partial charge in [-0.3, -0.25) is 0 Å². The van der Waals surface area contributed by atoms with E-state index >= 15 is 0 Å². The zero-order valence-corrected chi connectivity index (χ0v) is 9.51. The summed E-state index contributed by atoms with van der Waals surface area (Å²) in [6.45, 7) is 0. The number of halogens is 3. The molecule has 0 N–H and O–H groups in total. The van der Waals surface area contributed by atoms with Gasteiger partial charge in [0.2, 0.25) is 0 Å². The molecule has 1 rings (SSSR count). The van der Waals surface area contributed by atoms with Crippen molar-refractivity contribution in [2.45, 2.75) is 0 Å². The Labute approximate surface area is 79.3 Å². The van der Waals surface area contributed by atoms with E-state index in [-0.39, 0.29) is 0 Å². The van der Waals surface area contributed by atoms with E-state index in [1.807, 2.05) is 30.3 Å². The van der Waals surface area contributed by atoms with Crippen LogP contribution in [-0.4, -0.2) is 23.2 Å². The molecule has 0 aliphatic carbocycles. The topological polar surface area (TPSA) is 9.23 Å². The van der Waals surface area contributed by atoms with Gasteiger partial charge in [0.25, 0.3) is 0 Å². The fourth-order valence-electron chi connectivity index (χ4n) is 0.517. The Morgan fingerprint density at radius 2 is 1.50 bits per heavy atom. The quantitative estimate of drug-likeness (QED) is 0.768. The predicted molar refractivity (Wildman–Crippen MR) is 41.5 cm³/mol. The second-order valence-corrected chi connectivity index (χ2v) is 3.12. The zero-order chi connectivity index (χ0) is 9.40. The first-order valence-electron chi connectivity index (χ1n) is 3.06. The van der Waals surface area contributed by atoms with Gasteiger partial charge in [0.05, 0.1) is 0 Å². The third-order valence-corrected chi connectivity index (χ3v) is 0.910. The monoisotopic (exact) mass is 279 g/mol. The standard InChI is InChI=1S/C7H7O.3FH.In/c1-8-7-5-3-2-4-6-7;;;;/h2-6H,1H2;3*1H;/q;;;;+3/p-3. The Balaban J connectivity index is 0.000000261. The van der Waals surface area contributed by atoms with Crippen molar-refractivity contribution >= 4 is 23.2 Å². The number of rotatable bonds is 1. The second-order valence-electron chi connectivity index (χ2n) is 1.70. The summed E-state index contributed by atoms with van der Waals surface area (Å²) in [5.74, 6) is 0.799. The van der Waals surface area contributed by atoms with Gasteiger partial charge in [0.1, 0.15) is 12.9 Å². The fraction of sp³-hybridized carbons (Fsp3) is 0. The van der Waals surface area contributed by atoms with Crippen molar-refractivity contribution < 1.29 is 12.7 Å². The summed E-state index contributed by atoms with van der Waals surface area (Å²) >= 11 is -5.14. The number of ether oxygens (including phenoxy) is 1. The molecule has 12 heavy (non-hydrogen) atoms. The molecular weight excluding hydrogens is 272 g/mol. The molecule has 0 saturated heterocycles. The van der Waals surface area contributed by atoms with Crippen molar-refractivity contribution in [3.8, 4) is 5.75 Å². The number of benzene rings is 1. The summed E-state index contributed by atoms with van der Waals surface area (Å²) in [5.41, 5.74) is 0. The Kier molecular flexibility index (Phi) is 7.14. The van der Waals surface area contributed by atoms with E-state index < -0.39 is 23.2 Å². The molecule has 0 spiro atoms. The molecule has 1 nitrogen and oxygen atoms in total. The maximum absolute atomic E-state index is 9.88. The molecule has 5 heteroatoms. The van der Waals surface area contributed by atoms with Crippen molar-refractivity contribution in [1.29, 1.82) is 0 Å². The number of para-hydroxylation sites is 1. The van der Waals surface area contributed by atoms with Crippen molar-refractivity contribution in [2.75, 3.05) is 0 Å². The molecule has 1 aromatic rings. The van der Waals surface area contributed by atoms with Crippen LogP contribution in [0.15, 0.2) is 30.3 Å². The van der Waals surface area contributed by atoms with Crippen LogP contribution in [-0.2, 0) is 0 Å². The molecule has 0 bridgehead atoms. The van der Waals surface area contributed by atoms with Crippen LogP contribution in [0.2, 0.25) is 0 Å². The molecule has 0 amide bonds. The molecule has 0 aliphatic rings. The third-order valence-electron chi connectivity index (χ3n) is 0.910. The van der Waals surface area contributed by atoms with Crippen LogP contribution < -0.4 is 4.74 Å². The summed E-state index contributed by atoms with van der Waals surface area (Å²) in [5, 5.41) is 0.